The molecule has 0 aromatic carbocycles. The zero-order chi connectivity index (χ0) is 3.58. The van der Waals surface area contributed by atoms with E-state index in [1.165, 1.54) is 0 Å². The molecule has 0 aromatic rings. The molecule has 0 unspecified atom stereocenters. The monoisotopic (exact) mass is 149 g/mol. The van der Waals surface area contributed by atoms with Crippen molar-refractivity contribution < 1.29 is 10.6 Å². The van der Waals surface area contributed by atoms with Crippen LogP contribution in [-0.2, 0) is 0 Å². The van der Waals surface area contributed by atoms with Gasteiger partial charge in [-0.3, -0.25) is 0 Å². The summed E-state index contributed by atoms with van der Waals surface area (Å²) in [6.07, 6.45) is 0. The first kappa shape index (κ1) is 17.1. The van der Waals surface area contributed by atoms with E-state index in [0.717, 1.165) is 0 Å². The van der Waals surface area contributed by atoms with Crippen molar-refractivity contribution in [3.63, 3.8) is 0 Å². The summed E-state index contributed by atoms with van der Waals surface area (Å²) in [6.45, 7) is 0. The molecule has 2 N–H and O–H groups in total. The maximum atomic E-state index is 8.25. The first-order valence-corrected chi connectivity index (χ1v) is 0.548. The van der Waals surface area contributed by atoms with Gasteiger partial charge in [0.05, 0.1) is 5.09 Å². The Morgan fingerprint density at radius 3 is 1.33 bits per heavy atom. The average Bonchev–Trinajstić information content (AvgIpc) is 0.811. The van der Waals surface area contributed by atoms with Crippen LogP contribution in [0.25, 0.3) is 0 Å². The van der Waals surface area contributed by atoms with E-state index in [2.05, 4.69) is 0 Å². The molecule has 0 aliphatic rings. The third-order valence-corrected chi connectivity index (χ3v) is 0. The topological polar surface area (TPSA) is 97.7 Å². The maximum absolute atomic E-state index is 8.25. The van der Waals surface area contributed by atoms with Crippen molar-refractivity contribution >= 4 is 19.8 Å². The Balaban J connectivity index is -0.0000000450. The normalized spacial score (nSPS) is 4.00. The van der Waals surface area contributed by atoms with Crippen molar-refractivity contribution in [1.82, 2.24) is 0 Å². The minimum Gasteiger partial charge on any atom is -0.412 e. The van der Waals surface area contributed by atoms with Gasteiger partial charge in [0.2, 0.25) is 0 Å². The predicted octanol–water partition coefficient (Wildman–Crippen LogP) is -1.44. The van der Waals surface area contributed by atoms with Crippen molar-refractivity contribution in [3.8, 4) is 0 Å². The van der Waals surface area contributed by atoms with Crippen LogP contribution in [0, 0.1) is 15.3 Å². The van der Waals surface area contributed by atoms with E-state index in [9.17, 15) is 0 Å². The van der Waals surface area contributed by atoms with Gasteiger partial charge in [0.15, 0.2) is 0 Å². The van der Waals surface area contributed by atoms with Gasteiger partial charge in [-0.15, -0.1) is 0 Å². The largest absolute Gasteiger partial charge is 3.00 e. The van der Waals surface area contributed by atoms with Crippen LogP contribution < -0.4 is 0 Å². The molecule has 0 rings (SSSR count). The molecule has 0 atom stereocenters. The van der Waals surface area contributed by atoms with Crippen LogP contribution in [0.2, 0.25) is 0 Å². The molecule has 0 heterocycles. The zero-order valence-electron chi connectivity index (χ0n) is 2.75. The number of hydrogen-bond acceptors (Lipinski definition) is 3. The molecule has 0 radical (unpaired) electrons. The van der Waals surface area contributed by atoms with Gasteiger partial charge in [-0.25, -0.2) is 0 Å². The summed E-state index contributed by atoms with van der Waals surface area (Å²) in [7, 11) is 0. The molecule has 0 amide bonds. The van der Waals surface area contributed by atoms with E-state index in [0.29, 0.717) is 0 Å². The molecular formula is H2GaNO4+2. The van der Waals surface area contributed by atoms with Gasteiger partial charge in [0.25, 0.3) is 0 Å². The Morgan fingerprint density at radius 1 is 1.33 bits per heavy atom. The second-order valence-corrected chi connectivity index (χ2v) is 0.224. The van der Waals surface area contributed by atoms with Crippen LogP contribution >= 0.6 is 0 Å². The van der Waals surface area contributed by atoms with E-state index >= 15 is 0 Å². The van der Waals surface area contributed by atoms with E-state index < -0.39 is 5.09 Å². The van der Waals surface area contributed by atoms with Crippen LogP contribution in [0.3, 0.4) is 0 Å². The molecule has 0 fully saturated rings. The second-order valence-electron chi connectivity index (χ2n) is 0.224. The summed E-state index contributed by atoms with van der Waals surface area (Å²) in [5.41, 5.74) is 0. The van der Waals surface area contributed by atoms with Crippen molar-refractivity contribution in [2.45, 2.75) is 0 Å². The molecule has 6 heteroatoms. The van der Waals surface area contributed by atoms with Crippen LogP contribution in [0.5, 0.6) is 0 Å². The number of rotatable bonds is 0. The number of nitrogens with zero attached hydrogens (tertiary/aromatic N) is 1. The molecule has 0 saturated heterocycles. The molecule has 5 nitrogen and oxygen atoms in total. The zero-order valence-corrected chi connectivity index (χ0v) is 5.17. The average molecular weight is 150 g/mol. The minimum absolute atomic E-state index is 0. The van der Waals surface area contributed by atoms with Crippen LogP contribution in [-0.4, -0.2) is 30.4 Å². The molecule has 0 saturated carbocycles. The SMILES string of the molecule is O.O=[N+]([O-])[O-].[Ga+3]. The molecule has 0 aromatic heterocycles. The van der Waals surface area contributed by atoms with E-state index in [1.807, 2.05) is 0 Å². The first-order chi connectivity index (χ1) is 1.73. The Hall–Kier alpha value is -0.204. The Morgan fingerprint density at radius 2 is 1.33 bits per heavy atom. The molecule has 0 aliphatic carbocycles. The smallest absolute Gasteiger partial charge is 0.412 e. The van der Waals surface area contributed by atoms with Crippen molar-refractivity contribution in [1.29, 1.82) is 0 Å². The van der Waals surface area contributed by atoms with Crippen LogP contribution in [0.4, 0.5) is 0 Å². The summed E-state index contributed by atoms with van der Waals surface area (Å²) < 4.78 is 0. The standard InChI is InChI=1S/Ga.NO3.H2O/c;2-1(3)4;/h;;1H2/q+3;-1;. The third kappa shape index (κ3) is 716. The molecule has 0 bridgehead atoms. The van der Waals surface area contributed by atoms with Gasteiger partial charge in [0.1, 0.15) is 0 Å². The van der Waals surface area contributed by atoms with Gasteiger partial charge >= 0.3 is 19.8 Å². The molecule has 0 aliphatic heterocycles. The van der Waals surface area contributed by atoms with E-state index in [4.69, 9.17) is 15.3 Å². The Labute approximate surface area is 46.4 Å². The minimum atomic E-state index is -1.75. The van der Waals surface area contributed by atoms with Gasteiger partial charge in [-0.1, -0.05) is 0 Å². The summed E-state index contributed by atoms with van der Waals surface area (Å²) in [4.78, 5) is 8.25. The predicted molar refractivity (Wildman–Crippen MR) is 19.7 cm³/mol. The van der Waals surface area contributed by atoms with Gasteiger partial charge in [0, 0.05) is 0 Å². The summed E-state index contributed by atoms with van der Waals surface area (Å²) in [6, 6.07) is 0. The molecule has 6 heavy (non-hydrogen) atoms. The van der Waals surface area contributed by atoms with Crippen LogP contribution in [0.15, 0.2) is 0 Å². The fraction of sp³-hybridized carbons (Fsp3) is 0. The fourth-order valence-electron chi connectivity index (χ4n) is 0. The fourth-order valence-corrected chi connectivity index (χ4v) is 0. The Bertz CT molecular complexity index is 30.5. The number of hydrogen-bond donors (Lipinski definition) is 0. The molecular weight excluding hydrogens is 148 g/mol. The summed E-state index contributed by atoms with van der Waals surface area (Å²) >= 11 is 0. The summed E-state index contributed by atoms with van der Waals surface area (Å²) in [5.74, 6) is 0. The molecule has 32 valence electrons. The van der Waals surface area contributed by atoms with E-state index in [-0.39, 0.29) is 25.3 Å². The van der Waals surface area contributed by atoms with Crippen molar-refractivity contribution in [2.75, 3.05) is 0 Å². The quantitative estimate of drug-likeness (QED) is 0.240. The van der Waals surface area contributed by atoms with Gasteiger partial charge < -0.3 is 20.8 Å². The second kappa shape index (κ2) is 8.84. The van der Waals surface area contributed by atoms with Crippen LogP contribution in [0.1, 0.15) is 0 Å². The summed E-state index contributed by atoms with van der Waals surface area (Å²) in [5, 5.41) is 14.8. The molecule has 0 spiro atoms. The van der Waals surface area contributed by atoms with E-state index in [1.54, 1.807) is 0 Å². The maximum Gasteiger partial charge on any atom is 3.00 e. The first-order valence-electron chi connectivity index (χ1n) is 0.548. The van der Waals surface area contributed by atoms with Gasteiger partial charge in [-0.2, -0.15) is 0 Å². The third-order valence-electron chi connectivity index (χ3n) is 0. The van der Waals surface area contributed by atoms with Crippen molar-refractivity contribution in [2.24, 2.45) is 0 Å². The van der Waals surface area contributed by atoms with Crippen molar-refractivity contribution in [3.05, 3.63) is 15.3 Å². The Kier molecular flexibility index (Phi) is 25.1. The van der Waals surface area contributed by atoms with Gasteiger partial charge in [-0.05, 0) is 0 Å².